The predicted octanol–water partition coefficient (Wildman–Crippen LogP) is 2.88. The van der Waals surface area contributed by atoms with E-state index in [9.17, 15) is 14.2 Å². The van der Waals surface area contributed by atoms with E-state index in [0.717, 1.165) is 21.3 Å². The first kappa shape index (κ1) is 18.8. The van der Waals surface area contributed by atoms with Crippen LogP contribution in [0.4, 0.5) is 0 Å². The molecule has 8 nitrogen and oxygen atoms in total. The summed E-state index contributed by atoms with van der Waals surface area (Å²) in [6.45, 7) is 0. The van der Waals surface area contributed by atoms with Crippen molar-refractivity contribution in [2.24, 2.45) is 0 Å². The minimum Gasteiger partial charge on any atom is -0.373 e. The van der Waals surface area contributed by atoms with Crippen LogP contribution in [0.2, 0.25) is 0 Å². The van der Waals surface area contributed by atoms with Gasteiger partial charge in [-0.05, 0) is 5.56 Å². The quantitative estimate of drug-likeness (QED) is 0.767. The van der Waals surface area contributed by atoms with Crippen molar-refractivity contribution >= 4 is 15.2 Å². The van der Waals surface area contributed by atoms with Crippen LogP contribution in [0.1, 0.15) is 12.0 Å². The average Bonchev–Trinajstić information content (AvgIpc) is 2.85. The Kier molecular flexibility index (Phi) is 5.22. The molecule has 1 heterocycles. The van der Waals surface area contributed by atoms with Gasteiger partial charge >= 0.3 is 15.2 Å². The molecule has 1 fully saturated rings. The minimum atomic E-state index is -4.16. The van der Waals surface area contributed by atoms with Gasteiger partial charge in [0, 0.05) is 28.4 Å². The standard InChI is InChI=1S/C13H20O8P2/c1-17-13(23(16,19-3)20-4)10-12(14,22(15,18-2)21-13)11-8-6-5-7-9-11/h5-9,14H,10H2,1-4H3. The molecule has 0 amide bonds. The highest BCUT2D eigenvalue weighted by molar-refractivity contribution is 7.59. The lowest BCUT2D eigenvalue weighted by Crippen LogP contribution is -2.34. The van der Waals surface area contributed by atoms with Crippen LogP contribution in [0, 0.1) is 0 Å². The molecule has 130 valence electrons. The Labute approximate surface area is 134 Å². The molecule has 1 aliphatic heterocycles. The maximum Gasteiger partial charge on any atom is 0.389 e. The van der Waals surface area contributed by atoms with Crippen molar-refractivity contribution in [3.63, 3.8) is 0 Å². The van der Waals surface area contributed by atoms with Crippen LogP contribution < -0.4 is 0 Å². The number of methoxy groups -OCH3 is 1. The van der Waals surface area contributed by atoms with E-state index in [1.54, 1.807) is 30.3 Å². The Morgan fingerprint density at radius 3 is 2.17 bits per heavy atom. The fourth-order valence-electron chi connectivity index (χ4n) is 2.58. The number of benzene rings is 1. The molecule has 1 aliphatic rings. The lowest BCUT2D eigenvalue weighted by molar-refractivity contribution is -0.114. The summed E-state index contributed by atoms with van der Waals surface area (Å²) in [5.74, 6) is 0. The number of hydrogen-bond donors (Lipinski definition) is 1. The van der Waals surface area contributed by atoms with Crippen LogP contribution in [-0.4, -0.2) is 39.1 Å². The topological polar surface area (TPSA) is 101 Å². The first-order valence-corrected chi connectivity index (χ1v) is 9.76. The van der Waals surface area contributed by atoms with Crippen molar-refractivity contribution in [1.82, 2.24) is 0 Å². The zero-order valence-electron chi connectivity index (χ0n) is 13.3. The van der Waals surface area contributed by atoms with Gasteiger partial charge in [0.05, 0.1) is 6.42 Å². The molecular weight excluding hydrogens is 346 g/mol. The van der Waals surface area contributed by atoms with Crippen molar-refractivity contribution in [2.75, 3.05) is 28.4 Å². The Morgan fingerprint density at radius 2 is 1.74 bits per heavy atom. The van der Waals surface area contributed by atoms with Gasteiger partial charge < -0.3 is 23.4 Å². The third kappa shape index (κ3) is 2.64. The van der Waals surface area contributed by atoms with Gasteiger partial charge in [-0.25, -0.2) is 0 Å². The summed E-state index contributed by atoms with van der Waals surface area (Å²) in [5, 5.41) is 9.01. The SMILES string of the molecule is COC1(P(=O)(OC)OC)CC(O)(c2ccccc2)P(=O)(OC)O1. The Bertz CT molecular complexity index is 643. The third-order valence-electron chi connectivity index (χ3n) is 3.88. The molecule has 1 aromatic rings. The molecule has 1 N–H and O–H groups in total. The molecule has 0 bridgehead atoms. The Balaban J connectivity index is 2.63. The normalized spacial score (nSPS) is 34.7. The lowest BCUT2D eigenvalue weighted by atomic mass is 10.1. The van der Waals surface area contributed by atoms with E-state index in [1.165, 1.54) is 7.11 Å². The van der Waals surface area contributed by atoms with Gasteiger partial charge in [-0.2, -0.15) is 0 Å². The van der Waals surface area contributed by atoms with Crippen molar-refractivity contribution in [2.45, 2.75) is 17.3 Å². The summed E-state index contributed by atoms with van der Waals surface area (Å²) in [6.07, 6.45) is -0.454. The van der Waals surface area contributed by atoms with Crippen LogP contribution in [0.5, 0.6) is 0 Å². The molecule has 1 aromatic carbocycles. The molecule has 10 heteroatoms. The molecule has 3 unspecified atom stereocenters. The first-order valence-electron chi connectivity index (χ1n) is 6.68. The molecule has 0 spiro atoms. The number of aliphatic hydroxyl groups is 1. The predicted molar refractivity (Wildman–Crippen MR) is 82.0 cm³/mol. The highest BCUT2D eigenvalue weighted by Crippen LogP contribution is 2.80. The van der Waals surface area contributed by atoms with E-state index in [-0.39, 0.29) is 5.56 Å². The van der Waals surface area contributed by atoms with Gasteiger partial charge in [0.2, 0.25) is 0 Å². The summed E-state index contributed by atoms with van der Waals surface area (Å²) in [7, 11) is -3.55. The third-order valence-corrected chi connectivity index (χ3v) is 8.59. The van der Waals surface area contributed by atoms with E-state index in [1.807, 2.05) is 0 Å². The first-order chi connectivity index (χ1) is 10.8. The van der Waals surface area contributed by atoms with Crippen molar-refractivity contribution in [3.8, 4) is 0 Å². The molecule has 23 heavy (non-hydrogen) atoms. The molecule has 2 rings (SSSR count). The average molecular weight is 366 g/mol. The zero-order chi connectivity index (χ0) is 17.4. The van der Waals surface area contributed by atoms with Crippen LogP contribution in [0.15, 0.2) is 30.3 Å². The number of rotatable bonds is 6. The molecule has 1 saturated heterocycles. The maximum atomic E-state index is 13.1. The summed E-state index contributed by atoms with van der Waals surface area (Å²) in [6, 6.07) is 8.18. The van der Waals surface area contributed by atoms with Gasteiger partial charge in [0.15, 0.2) is 5.34 Å². The van der Waals surface area contributed by atoms with Crippen molar-refractivity contribution in [3.05, 3.63) is 35.9 Å². The van der Waals surface area contributed by atoms with Gasteiger partial charge in [-0.15, -0.1) is 0 Å². The number of ether oxygens (including phenoxy) is 1. The smallest absolute Gasteiger partial charge is 0.373 e. The molecule has 0 radical (unpaired) electrons. The van der Waals surface area contributed by atoms with E-state index in [2.05, 4.69) is 0 Å². The minimum absolute atomic E-state index is 0.280. The fourth-order valence-corrected chi connectivity index (χ4v) is 6.69. The summed E-state index contributed by atoms with van der Waals surface area (Å²) >= 11 is 0. The summed E-state index contributed by atoms with van der Waals surface area (Å²) in [5.41, 5.74) is -1.78. The van der Waals surface area contributed by atoms with E-state index in [4.69, 9.17) is 22.8 Å². The Hall–Kier alpha value is -0.560. The maximum absolute atomic E-state index is 13.1. The van der Waals surface area contributed by atoms with E-state index in [0.29, 0.717) is 0 Å². The molecule has 3 atom stereocenters. The molecule has 0 aromatic heterocycles. The highest BCUT2D eigenvalue weighted by atomic mass is 31.2. The second-order valence-electron chi connectivity index (χ2n) is 4.91. The van der Waals surface area contributed by atoms with E-state index >= 15 is 0 Å². The zero-order valence-corrected chi connectivity index (χ0v) is 15.1. The van der Waals surface area contributed by atoms with Crippen molar-refractivity contribution in [1.29, 1.82) is 0 Å². The Morgan fingerprint density at radius 1 is 1.17 bits per heavy atom. The van der Waals surface area contributed by atoms with Crippen molar-refractivity contribution < 1.29 is 37.1 Å². The van der Waals surface area contributed by atoms with Crippen LogP contribution >= 0.6 is 15.2 Å². The second kappa shape index (κ2) is 6.39. The fraction of sp³-hybridized carbons (Fsp3) is 0.538. The summed E-state index contributed by atoms with van der Waals surface area (Å²) in [4.78, 5) is 0. The van der Waals surface area contributed by atoms with Crippen LogP contribution in [0.3, 0.4) is 0 Å². The molecule has 0 saturated carbocycles. The van der Waals surface area contributed by atoms with Crippen LogP contribution in [-0.2, 0) is 37.3 Å². The monoisotopic (exact) mass is 366 g/mol. The van der Waals surface area contributed by atoms with Gasteiger partial charge in [0.1, 0.15) is 0 Å². The van der Waals surface area contributed by atoms with Crippen LogP contribution in [0.25, 0.3) is 0 Å². The molecular formula is C13H20O8P2. The number of hydrogen-bond acceptors (Lipinski definition) is 8. The second-order valence-corrected chi connectivity index (χ2v) is 9.60. The lowest BCUT2D eigenvalue weighted by Gasteiger charge is -2.31. The van der Waals surface area contributed by atoms with Gasteiger partial charge in [-0.1, -0.05) is 30.3 Å². The molecule has 0 aliphatic carbocycles. The summed E-state index contributed by atoms with van der Waals surface area (Å²) < 4.78 is 51.4. The van der Waals surface area contributed by atoms with Gasteiger partial charge in [-0.3, -0.25) is 13.7 Å². The largest absolute Gasteiger partial charge is 0.389 e. The van der Waals surface area contributed by atoms with Gasteiger partial charge in [0.25, 0.3) is 5.53 Å². The van der Waals surface area contributed by atoms with E-state index < -0.39 is 32.5 Å². The highest BCUT2D eigenvalue weighted by Gasteiger charge is 2.72.